The van der Waals surface area contributed by atoms with E-state index in [-0.39, 0.29) is 49.9 Å². The highest BCUT2D eigenvalue weighted by Crippen LogP contribution is 2.45. The minimum absolute atomic E-state index is 0.0345. The zero-order valence-electron chi connectivity index (χ0n) is 28.3. The van der Waals surface area contributed by atoms with Crippen molar-refractivity contribution < 1.29 is 33.4 Å². The standard InChI is InChI=1S/C39H46N2O7/c1-24(2)21-32-37(44)46-31(25(3)34-35(48-34)27-14-7-6-8-15-27)19-12-20-33(42)41-30(36(43)40-23-39(4,5)38(45)47-32)22-28-17-11-16-26-13-9-10-18-29(26)28/h6-18,20,24-25,30-32,34-35H,19,21-23H2,1-5H3,(H,40,43)(H,41,42)/b20-12+/t25-,30+,31-,32-,34+,35+/m0/s1. The van der Waals surface area contributed by atoms with Crippen LogP contribution in [0.5, 0.6) is 0 Å². The molecule has 6 atom stereocenters. The van der Waals surface area contributed by atoms with E-state index in [4.69, 9.17) is 14.2 Å². The van der Waals surface area contributed by atoms with Gasteiger partial charge in [-0.2, -0.15) is 0 Å². The summed E-state index contributed by atoms with van der Waals surface area (Å²) >= 11 is 0. The molecule has 2 amide bonds. The molecule has 0 spiro atoms. The molecular weight excluding hydrogens is 608 g/mol. The van der Waals surface area contributed by atoms with Crippen molar-refractivity contribution in [2.24, 2.45) is 17.3 Å². The van der Waals surface area contributed by atoms with Gasteiger partial charge in [0.2, 0.25) is 11.8 Å². The Labute approximate surface area is 282 Å². The molecule has 0 radical (unpaired) electrons. The molecule has 1 fully saturated rings. The molecule has 254 valence electrons. The molecule has 3 aromatic rings. The Balaban J connectivity index is 1.42. The Kier molecular flexibility index (Phi) is 11.0. The van der Waals surface area contributed by atoms with Crippen molar-refractivity contribution in [3.05, 3.63) is 96.1 Å². The Hall–Kier alpha value is -4.50. The highest BCUT2D eigenvalue weighted by Gasteiger charge is 2.48. The summed E-state index contributed by atoms with van der Waals surface area (Å²) in [6.07, 6.45) is 1.63. The third kappa shape index (κ3) is 8.69. The van der Waals surface area contributed by atoms with E-state index in [1.54, 1.807) is 19.9 Å². The number of hydrogen-bond donors (Lipinski definition) is 2. The predicted octanol–water partition coefficient (Wildman–Crippen LogP) is 5.62. The lowest BCUT2D eigenvalue weighted by molar-refractivity contribution is -0.179. The third-order valence-corrected chi connectivity index (χ3v) is 9.06. The lowest BCUT2D eigenvalue weighted by atomic mass is 9.92. The molecule has 0 aromatic heterocycles. The summed E-state index contributed by atoms with van der Waals surface area (Å²) < 4.78 is 17.9. The van der Waals surface area contributed by atoms with Crippen LogP contribution in [-0.2, 0) is 39.8 Å². The molecule has 0 saturated carbocycles. The van der Waals surface area contributed by atoms with Gasteiger partial charge in [-0.05, 0) is 54.2 Å². The van der Waals surface area contributed by atoms with Gasteiger partial charge < -0.3 is 24.8 Å². The second-order valence-electron chi connectivity index (χ2n) is 13.9. The fourth-order valence-corrected chi connectivity index (χ4v) is 6.08. The number of hydrogen-bond acceptors (Lipinski definition) is 7. The quantitative estimate of drug-likeness (QED) is 0.251. The Morgan fingerprint density at radius 1 is 0.875 bits per heavy atom. The van der Waals surface area contributed by atoms with Crippen molar-refractivity contribution in [2.45, 2.75) is 84.3 Å². The SMILES string of the molecule is CC(C)C[C@@H]1OC(=O)C(C)(C)CNC(=O)[C@@H](Cc2cccc3ccccc23)NC(=O)/C=C/C[C@@H]([C@H](C)[C@H]2O[C@@H]2c2ccccc2)OC1=O. The summed E-state index contributed by atoms with van der Waals surface area (Å²) in [6, 6.07) is 22.7. The zero-order valence-corrected chi connectivity index (χ0v) is 28.3. The third-order valence-electron chi connectivity index (χ3n) is 9.06. The van der Waals surface area contributed by atoms with Crippen LogP contribution < -0.4 is 10.6 Å². The molecule has 0 unspecified atom stereocenters. The van der Waals surface area contributed by atoms with E-state index >= 15 is 0 Å². The maximum atomic E-state index is 13.6. The van der Waals surface area contributed by atoms with Gasteiger partial charge in [0, 0.05) is 25.3 Å². The maximum absolute atomic E-state index is 13.6. The average Bonchev–Trinajstić information content (AvgIpc) is 3.87. The first-order chi connectivity index (χ1) is 22.9. The van der Waals surface area contributed by atoms with Crippen molar-refractivity contribution in [2.75, 3.05) is 6.54 Å². The van der Waals surface area contributed by atoms with Crippen LogP contribution in [0.4, 0.5) is 0 Å². The van der Waals surface area contributed by atoms with Gasteiger partial charge in [-0.3, -0.25) is 14.4 Å². The highest BCUT2D eigenvalue weighted by atomic mass is 16.6. The minimum atomic E-state index is -1.17. The van der Waals surface area contributed by atoms with E-state index in [0.29, 0.717) is 0 Å². The number of ether oxygens (including phenoxy) is 3. The fourth-order valence-electron chi connectivity index (χ4n) is 6.08. The van der Waals surface area contributed by atoms with Crippen LogP contribution in [0.25, 0.3) is 10.8 Å². The first-order valence-corrected chi connectivity index (χ1v) is 16.8. The number of epoxide rings is 1. The molecular formula is C39H46N2O7. The van der Waals surface area contributed by atoms with Gasteiger partial charge in [0.15, 0.2) is 6.10 Å². The maximum Gasteiger partial charge on any atom is 0.347 e. The Morgan fingerprint density at radius 2 is 1.58 bits per heavy atom. The van der Waals surface area contributed by atoms with Crippen LogP contribution in [0.3, 0.4) is 0 Å². The topological polar surface area (TPSA) is 123 Å². The van der Waals surface area contributed by atoms with Gasteiger partial charge in [-0.25, -0.2) is 4.79 Å². The molecule has 1 saturated heterocycles. The Morgan fingerprint density at radius 3 is 2.33 bits per heavy atom. The van der Waals surface area contributed by atoms with Gasteiger partial charge in [-0.15, -0.1) is 0 Å². The fraction of sp³-hybridized carbons (Fsp3) is 0.436. The monoisotopic (exact) mass is 654 g/mol. The number of carbonyl (C=O) groups is 4. The summed E-state index contributed by atoms with van der Waals surface area (Å²) in [5, 5.41) is 7.71. The molecule has 0 aliphatic carbocycles. The molecule has 48 heavy (non-hydrogen) atoms. The molecule has 2 aliphatic rings. The number of carbonyl (C=O) groups excluding carboxylic acids is 4. The van der Waals surface area contributed by atoms with Gasteiger partial charge in [0.25, 0.3) is 0 Å². The van der Waals surface area contributed by atoms with Crippen LogP contribution in [0.2, 0.25) is 0 Å². The van der Waals surface area contributed by atoms with Crippen LogP contribution in [-0.4, -0.2) is 54.7 Å². The van der Waals surface area contributed by atoms with Crippen molar-refractivity contribution in [3.8, 4) is 0 Å². The van der Waals surface area contributed by atoms with Crippen molar-refractivity contribution in [1.29, 1.82) is 0 Å². The molecule has 3 aromatic carbocycles. The average molecular weight is 655 g/mol. The normalized spacial score (nSPS) is 26.6. The van der Waals surface area contributed by atoms with E-state index in [1.807, 2.05) is 93.6 Å². The summed E-state index contributed by atoms with van der Waals surface area (Å²) in [5.74, 6) is -2.37. The van der Waals surface area contributed by atoms with Crippen LogP contribution in [0, 0.1) is 17.3 Å². The van der Waals surface area contributed by atoms with Crippen LogP contribution >= 0.6 is 0 Å². The molecule has 2 aliphatic heterocycles. The molecule has 9 nitrogen and oxygen atoms in total. The van der Waals surface area contributed by atoms with Gasteiger partial charge in [-0.1, -0.05) is 99.6 Å². The number of esters is 2. The lowest BCUT2D eigenvalue weighted by Gasteiger charge is -2.29. The number of amides is 2. The van der Waals surface area contributed by atoms with Crippen molar-refractivity contribution in [3.63, 3.8) is 0 Å². The van der Waals surface area contributed by atoms with E-state index in [2.05, 4.69) is 10.6 Å². The van der Waals surface area contributed by atoms with Crippen LogP contribution in [0.1, 0.15) is 64.7 Å². The number of benzene rings is 3. The second-order valence-corrected chi connectivity index (χ2v) is 13.9. The number of nitrogens with one attached hydrogen (secondary N) is 2. The van der Waals surface area contributed by atoms with E-state index in [0.717, 1.165) is 21.9 Å². The molecule has 0 bridgehead atoms. The summed E-state index contributed by atoms with van der Waals surface area (Å²) in [6.45, 7) is 9.06. The van der Waals surface area contributed by atoms with Crippen molar-refractivity contribution >= 4 is 34.5 Å². The zero-order chi connectivity index (χ0) is 34.4. The molecule has 5 rings (SSSR count). The highest BCUT2D eigenvalue weighted by molar-refractivity contribution is 5.94. The number of cyclic esters (lactones) is 2. The lowest BCUT2D eigenvalue weighted by Crippen LogP contribution is -2.51. The minimum Gasteiger partial charge on any atom is -0.459 e. The number of fused-ring (bicyclic) bond motifs is 1. The second kappa shape index (κ2) is 15.2. The summed E-state index contributed by atoms with van der Waals surface area (Å²) in [4.78, 5) is 54.0. The number of rotatable bonds is 7. The Bertz CT molecular complexity index is 1650. The molecule has 9 heteroatoms. The molecule has 2 heterocycles. The first kappa shape index (κ1) is 34.8. The van der Waals surface area contributed by atoms with E-state index < -0.39 is 47.4 Å². The van der Waals surface area contributed by atoms with Gasteiger partial charge in [0.05, 0.1) is 11.5 Å². The summed E-state index contributed by atoms with van der Waals surface area (Å²) in [7, 11) is 0. The first-order valence-electron chi connectivity index (χ1n) is 16.8. The van der Waals surface area contributed by atoms with E-state index in [9.17, 15) is 19.2 Å². The van der Waals surface area contributed by atoms with Crippen molar-refractivity contribution in [1.82, 2.24) is 10.6 Å². The van der Waals surface area contributed by atoms with Gasteiger partial charge in [0.1, 0.15) is 18.2 Å². The largest absolute Gasteiger partial charge is 0.459 e. The van der Waals surface area contributed by atoms with Crippen LogP contribution in [0.15, 0.2) is 84.9 Å². The predicted molar refractivity (Wildman–Crippen MR) is 183 cm³/mol. The molecule has 2 N–H and O–H groups in total. The summed E-state index contributed by atoms with van der Waals surface area (Å²) in [5.41, 5.74) is 0.765. The van der Waals surface area contributed by atoms with Gasteiger partial charge >= 0.3 is 11.9 Å². The smallest absolute Gasteiger partial charge is 0.347 e. The van der Waals surface area contributed by atoms with E-state index in [1.165, 1.54) is 6.08 Å².